The lowest BCUT2D eigenvalue weighted by Gasteiger charge is -2.19. The van der Waals surface area contributed by atoms with Crippen LogP contribution in [0.15, 0.2) is 11.2 Å². The number of thioether (sulfide) groups is 1. The molecule has 1 aromatic rings. The van der Waals surface area contributed by atoms with Gasteiger partial charge in [-0.05, 0) is 18.1 Å². The Balaban J connectivity index is 2.98. The summed E-state index contributed by atoms with van der Waals surface area (Å²) in [6, 6.07) is 1.63. The molecule has 0 bridgehead atoms. The van der Waals surface area contributed by atoms with Gasteiger partial charge in [0.05, 0.1) is 32.6 Å². The van der Waals surface area contributed by atoms with E-state index in [1.54, 1.807) is 27.4 Å². The van der Waals surface area contributed by atoms with E-state index in [9.17, 15) is 0 Å². The minimum atomic E-state index is -0.00295. The number of rotatable bonds is 6. The summed E-state index contributed by atoms with van der Waals surface area (Å²) in [5.41, 5.74) is 0. The fraction of sp³-hybridized carbons (Fsp3) is 0.583. The number of thiocarbonyl (C=S) groups is 1. The SMILES string of the molecule is COC(=S)C(Sc1nc(OC)cc(OC)n1)C(C)C. The fourth-order valence-corrected chi connectivity index (χ4v) is 2.73. The Kier molecular flexibility index (Phi) is 6.30. The van der Waals surface area contributed by atoms with Crippen LogP contribution in [-0.2, 0) is 4.74 Å². The van der Waals surface area contributed by atoms with Crippen LogP contribution in [0.2, 0.25) is 0 Å². The lowest BCUT2D eigenvalue weighted by atomic mass is 10.1. The van der Waals surface area contributed by atoms with Gasteiger partial charge in [0.2, 0.25) is 11.8 Å². The molecule has 0 saturated carbocycles. The highest BCUT2D eigenvalue weighted by Crippen LogP contribution is 2.29. The highest BCUT2D eigenvalue weighted by molar-refractivity contribution is 8.01. The lowest BCUT2D eigenvalue weighted by molar-refractivity contribution is 0.364. The Morgan fingerprint density at radius 2 is 1.68 bits per heavy atom. The Hall–Kier alpha value is -1.08. The van der Waals surface area contributed by atoms with E-state index >= 15 is 0 Å². The second kappa shape index (κ2) is 7.49. The van der Waals surface area contributed by atoms with Crippen LogP contribution in [0.1, 0.15) is 13.8 Å². The smallest absolute Gasteiger partial charge is 0.220 e. The zero-order valence-corrected chi connectivity index (χ0v) is 13.3. The van der Waals surface area contributed by atoms with Gasteiger partial charge in [-0.2, -0.15) is 9.97 Å². The van der Waals surface area contributed by atoms with E-state index < -0.39 is 0 Å². The molecule has 0 aromatic carbocycles. The molecule has 0 aliphatic rings. The number of nitrogens with zero attached hydrogens (tertiary/aromatic N) is 2. The summed E-state index contributed by atoms with van der Waals surface area (Å²) in [6.07, 6.45) is 0. The quantitative estimate of drug-likeness (QED) is 0.455. The van der Waals surface area contributed by atoms with Crippen molar-refractivity contribution in [3.63, 3.8) is 0 Å². The molecule has 19 heavy (non-hydrogen) atoms. The molecular weight excluding hydrogens is 284 g/mol. The molecule has 0 aliphatic heterocycles. The summed E-state index contributed by atoms with van der Waals surface area (Å²) >= 11 is 6.65. The lowest BCUT2D eigenvalue weighted by Crippen LogP contribution is -2.23. The van der Waals surface area contributed by atoms with Crippen molar-refractivity contribution >= 4 is 29.0 Å². The molecular formula is C12H18N2O3S2. The van der Waals surface area contributed by atoms with Gasteiger partial charge in [0.1, 0.15) is 0 Å². The third-order valence-electron chi connectivity index (χ3n) is 2.35. The van der Waals surface area contributed by atoms with Gasteiger partial charge in [0.15, 0.2) is 10.2 Å². The number of methoxy groups -OCH3 is 3. The maximum Gasteiger partial charge on any atom is 0.220 e. The van der Waals surface area contributed by atoms with Crippen LogP contribution >= 0.6 is 24.0 Å². The summed E-state index contributed by atoms with van der Waals surface area (Å²) < 4.78 is 15.4. The first-order chi connectivity index (χ1) is 9.01. The van der Waals surface area contributed by atoms with E-state index in [2.05, 4.69) is 23.8 Å². The highest BCUT2D eigenvalue weighted by atomic mass is 32.2. The van der Waals surface area contributed by atoms with E-state index in [-0.39, 0.29) is 5.25 Å². The second-order valence-electron chi connectivity index (χ2n) is 4.04. The summed E-state index contributed by atoms with van der Waals surface area (Å²) in [5.74, 6) is 1.22. The van der Waals surface area contributed by atoms with Crippen molar-refractivity contribution in [2.24, 2.45) is 5.92 Å². The summed E-state index contributed by atoms with van der Waals surface area (Å²) in [7, 11) is 4.68. The van der Waals surface area contributed by atoms with Gasteiger partial charge in [-0.15, -0.1) is 0 Å². The monoisotopic (exact) mass is 302 g/mol. The number of aromatic nitrogens is 2. The minimum absolute atomic E-state index is 0.00295. The molecule has 0 radical (unpaired) electrons. The van der Waals surface area contributed by atoms with Crippen LogP contribution in [0, 0.1) is 5.92 Å². The van der Waals surface area contributed by atoms with E-state index in [0.29, 0.717) is 27.9 Å². The number of hydrogen-bond donors (Lipinski definition) is 0. The molecule has 0 spiro atoms. The van der Waals surface area contributed by atoms with E-state index in [0.717, 1.165) is 0 Å². The van der Waals surface area contributed by atoms with Crippen molar-refractivity contribution in [2.45, 2.75) is 24.3 Å². The summed E-state index contributed by atoms with van der Waals surface area (Å²) in [6.45, 7) is 4.14. The molecule has 1 unspecified atom stereocenters. The molecule has 1 heterocycles. The Labute approximate surface area is 123 Å². The van der Waals surface area contributed by atoms with Crippen LogP contribution < -0.4 is 9.47 Å². The summed E-state index contributed by atoms with van der Waals surface area (Å²) in [4.78, 5) is 8.55. The minimum Gasteiger partial charge on any atom is -0.489 e. The van der Waals surface area contributed by atoms with Gasteiger partial charge < -0.3 is 14.2 Å². The summed E-state index contributed by atoms with van der Waals surface area (Å²) in [5, 5.41) is 1.08. The van der Waals surface area contributed by atoms with E-state index in [4.69, 9.17) is 26.4 Å². The van der Waals surface area contributed by atoms with Crippen LogP contribution in [0.3, 0.4) is 0 Å². The van der Waals surface area contributed by atoms with Crippen molar-refractivity contribution in [3.05, 3.63) is 6.07 Å². The first-order valence-corrected chi connectivity index (χ1v) is 7.02. The van der Waals surface area contributed by atoms with Gasteiger partial charge in [-0.25, -0.2) is 0 Å². The van der Waals surface area contributed by atoms with Crippen LogP contribution in [0.5, 0.6) is 11.8 Å². The van der Waals surface area contributed by atoms with Crippen molar-refractivity contribution in [1.29, 1.82) is 0 Å². The average Bonchev–Trinajstić information content (AvgIpc) is 2.43. The molecule has 0 amide bonds. The molecule has 106 valence electrons. The van der Waals surface area contributed by atoms with Gasteiger partial charge in [0.25, 0.3) is 0 Å². The first-order valence-electron chi connectivity index (χ1n) is 5.73. The van der Waals surface area contributed by atoms with Gasteiger partial charge in [-0.3, -0.25) is 0 Å². The first kappa shape index (κ1) is 16.0. The number of hydrogen-bond acceptors (Lipinski definition) is 7. The fourth-order valence-electron chi connectivity index (χ4n) is 1.33. The molecule has 1 rings (SSSR count). The van der Waals surface area contributed by atoms with Crippen molar-refractivity contribution < 1.29 is 14.2 Å². The molecule has 0 N–H and O–H groups in total. The zero-order chi connectivity index (χ0) is 14.4. The maximum atomic E-state index is 5.21. The Morgan fingerprint density at radius 3 is 2.05 bits per heavy atom. The van der Waals surface area contributed by atoms with Gasteiger partial charge >= 0.3 is 0 Å². The van der Waals surface area contributed by atoms with Crippen LogP contribution in [0.25, 0.3) is 0 Å². The molecule has 1 atom stereocenters. The van der Waals surface area contributed by atoms with E-state index in [1.807, 2.05) is 0 Å². The third-order valence-corrected chi connectivity index (χ3v) is 4.32. The average molecular weight is 302 g/mol. The Morgan fingerprint density at radius 1 is 1.16 bits per heavy atom. The standard InChI is InChI=1S/C12H18N2O3S2/c1-7(2)10(11(18)17-5)19-12-13-8(15-3)6-9(14-12)16-4/h6-7,10H,1-5H3. The van der Waals surface area contributed by atoms with Gasteiger partial charge in [-0.1, -0.05) is 25.6 Å². The van der Waals surface area contributed by atoms with Gasteiger partial charge in [0, 0.05) is 0 Å². The molecule has 0 fully saturated rings. The predicted octanol–water partition coefficient (Wildman–Crippen LogP) is 2.58. The van der Waals surface area contributed by atoms with Crippen molar-refractivity contribution in [1.82, 2.24) is 9.97 Å². The molecule has 0 saturated heterocycles. The predicted molar refractivity (Wildman–Crippen MR) is 79.2 cm³/mol. The zero-order valence-electron chi connectivity index (χ0n) is 11.7. The highest BCUT2D eigenvalue weighted by Gasteiger charge is 2.23. The molecule has 1 aromatic heterocycles. The molecule has 5 nitrogen and oxygen atoms in total. The Bertz CT molecular complexity index is 419. The second-order valence-corrected chi connectivity index (χ2v) is 5.55. The van der Waals surface area contributed by atoms with E-state index in [1.165, 1.54) is 11.8 Å². The van der Waals surface area contributed by atoms with Crippen LogP contribution in [-0.4, -0.2) is 41.6 Å². The van der Waals surface area contributed by atoms with Crippen molar-refractivity contribution in [3.8, 4) is 11.8 Å². The maximum absolute atomic E-state index is 5.21. The molecule has 7 heteroatoms. The van der Waals surface area contributed by atoms with Crippen LogP contribution in [0.4, 0.5) is 0 Å². The number of ether oxygens (including phenoxy) is 3. The van der Waals surface area contributed by atoms with Crippen molar-refractivity contribution in [2.75, 3.05) is 21.3 Å². The normalized spacial score (nSPS) is 12.1. The third kappa shape index (κ3) is 4.50. The largest absolute Gasteiger partial charge is 0.489 e. The topological polar surface area (TPSA) is 53.5 Å². The molecule has 0 aliphatic carbocycles.